The number of amides is 1. The number of hydrogen-bond donors (Lipinski definition) is 2. The van der Waals surface area contributed by atoms with Crippen LogP contribution in [0.1, 0.15) is 22.3 Å². The molecule has 0 atom stereocenters. The highest BCUT2D eigenvalue weighted by Crippen LogP contribution is 2.32. The van der Waals surface area contributed by atoms with Crippen molar-refractivity contribution in [1.82, 2.24) is 15.1 Å². The van der Waals surface area contributed by atoms with Gasteiger partial charge in [-0.25, -0.2) is 0 Å². The molecule has 0 spiro atoms. The highest BCUT2D eigenvalue weighted by molar-refractivity contribution is 5.94. The van der Waals surface area contributed by atoms with Gasteiger partial charge >= 0.3 is 12.3 Å². The standard InChI is InChI=1S/C32H26F3N3O5/c1-42-27-13-10-23-16-25(7-6-24(23)17-27)29-18-28(21-8-11-26(12-9-21)43-32(33,34)35)37-38(29)19-20-2-4-22(5-3-20)31(41)36-15-14-30(39)40/h2-13,16-18H,14-15,19H2,1H3,(H,36,41)(H,39,40). The molecule has 0 radical (unpaired) electrons. The van der Waals surface area contributed by atoms with Crippen LogP contribution in [0.3, 0.4) is 0 Å². The molecule has 0 unspecified atom stereocenters. The van der Waals surface area contributed by atoms with E-state index < -0.39 is 12.3 Å². The first-order valence-electron chi connectivity index (χ1n) is 13.2. The lowest BCUT2D eigenvalue weighted by molar-refractivity contribution is -0.274. The van der Waals surface area contributed by atoms with Gasteiger partial charge in [-0.3, -0.25) is 14.3 Å². The van der Waals surface area contributed by atoms with E-state index in [-0.39, 0.29) is 24.6 Å². The number of hydrogen-bond acceptors (Lipinski definition) is 5. The number of fused-ring (bicyclic) bond motifs is 1. The first kappa shape index (κ1) is 29.2. The van der Waals surface area contributed by atoms with Crippen LogP contribution in [-0.4, -0.2) is 46.8 Å². The van der Waals surface area contributed by atoms with E-state index in [0.717, 1.165) is 33.3 Å². The smallest absolute Gasteiger partial charge is 0.497 e. The van der Waals surface area contributed by atoms with Crippen LogP contribution in [0.25, 0.3) is 33.3 Å². The van der Waals surface area contributed by atoms with Crippen LogP contribution in [0.4, 0.5) is 13.2 Å². The second kappa shape index (κ2) is 12.3. The molecule has 11 heteroatoms. The monoisotopic (exact) mass is 589 g/mol. The van der Waals surface area contributed by atoms with Gasteiger partial charge in [-0.1, -0.05) is 30.3 Å². The van der Waals surface area contributed by atoms with E-state index in [1.165, 1.54) is 24.3 Å². The van der Waals surface area contributed by atoms with Crippen molar-refractivity contribution in [3.8, 4) is 34.0 Å². The second-order valence-electron chi connectivity index (χ2n) is 9.67. The molecule has 0 saturated heterocycles. The molecule has 5 aromatic rings. The summed E-state index contributed by atoms with van der Waals surface area (Å²) in [6, 6.07) is 26.0. The normalized spacial score (nSPS) is 11.3. The molecule has 4 aromatic carbocycles. The Bertz CT molecular complexity index is 1760. The maximum absolute atomic E-state index is 12.6. The summed E-state index contributed by atoms with van der Waals surface area (Å²) in [5.74, 6) is -0.958. The largest absolute Gasteiger partial charge is 0.573 e. The Morgan fingerprint density at radius 3 is 2.19 bits per heavy atom. The molecule has 1 aromatic heterocycles. The molecule has 2 N–H and O–H groups in total. The van der Waals surface area contributed by atoms with E-state index in [0.29, 0.717) is 23.4 Å². The van der Waals surface area contributed by atoms with Gasteiger partial charge in [0.1, 0.15) is 11.5 Å². The Labute approximate surface area is 244 Å². The van der Waals surface area contributed by atoms with E-state index in [1.807, 2.05) is 42.5 Å². The fraction of sp³-hybridized carbons (Fsp3) is 0.156. The van der Waals surface area contributed by atoms with E-state index >= 15 is 0 Å². The number of rotatable bonds is 10. The van der Waals surface area contributed by atoms with Crippen molar-refractivity contribution in [1.29, 1.82) is 0 Å². The lowest BCUT2D eigenvalue weighted by Gasteiger charge is -2.10. The summed E-state index contributed by atoms with van der Waals surface area (Å²) in [6.07, 6.45) is -4.96. The van der Waals surface area contributed by atoms with Crippen molar-refractivity contribution in [2.24, 2.45) is 0 Å². The van der Waals surface area contributed by atoms with Crippen molar-refractivity contribution in [3.63, 3.8) is 0 Å². The number of benzene rings is 4. The third-order valence-corrected chi connectivity index (χ3v) is 6.68. The number of halogens is 3. The van der Waals surface area contributed by atoms with Crippen LogP contribution < -0.4 is 14.8 Å². The minimum absolute atomic E-state index is 0.0250. The number of carboxylic acid groups (broad SMARTS) is 1. The third-order valence-electron chi connectivity index (χ3n) is 6.68. The summed E-state index contributed by atoms with van der Waals surface area (Å²) in [5.41, 5.74) is 4.05. The third kappa shape index (κ3) is 7.31. The van der Waals surface area contributed by atoms with E-state index in [4.69, 9.17) is 14.9 Å². The second-order valence-corrected chi connectivity index (χ2v) is 9.67. The predicted molar refractivity (Wildman–Crippen MR) is 154 cm³/mol. The van der Waals surface area contributed by atoms with Gasteiger partial charge in [0.2, 0.25) is 0 Å². The molecule has 0 bridgehead atoms. The number of carbonyl (C=O) groups excluding carboxylic acids is 1. The van der Waals surface area contributed by atoms with Gasteiger partial charge in [0, 0.05) is 23.2 Å². The van der Waals surface area contributed by atoms with E-state index in [1.54, 1.807) is 36.1 Å². The Morgan fingerprint density at radius 1 is 0.860 bits per heavy atom. The average Bonchev–Trinajstić information content (AvgIpc) is 3.40. The Balaban J connectivity index is 1.46. The number of carboxylic acids is 1. The maximum atomic E-state index is 12.6. The Kier molecular flexibility index (Phi) is 8.33. The quantitative estimate of drug-likeness (QED) is 0.192. The molecule has 220 valence electrons. The topological polar surface area (TPSA) is 103 Å². The van der Waals surface area contributed by atoms with E-state index in [2.05, 4.69) is 10.1 Å². The average molecular weight is 590 g/mol. The number of carbonyl (C=O) groups is 2. The number of alkyl halides is 3. The van der Waals surface area contributed by atoms with Crippen molar-refractivity contribution < 1.29 is 37.3 Å². The zero-order valence-electron chi connectivity index (χ0n) is 22.9. The van der Waals surface area contributed by atoms with Gasteiger partial charge in [0.05, 0.1) is 31.5 Å². The highest BCUT2D eigenvalue weighted by Gasteiger charge is 2.31. The zero-order valence-corrected chi connectivity index (χ0v) is 22.9. The molecule has 0 aliphatic carbocycles. The van der Waals surface area contributed by atoms with Gasteiger partial charge in [-0.15, -0.1) is 13.2 Å². The molecule has 1 amide bonds. The van der Waals surface area contributed by atoms with Crippen LogP contribution in [0.2, 0.25) is 0 Å². The van der Waals surface area contributed by atoms with E-state index in [9.17, 15) is 22.8 Å². The van der Waals surface area contributed by atoms with Crippen LogP contribution >= 0.6 is 0 Å². The zero-order chi connectivity index (χ0) is 30.6. The summed E-state index contributed by atoms with van der Waals surface area (Å²) in [7, 11) is 1.61. The summed E-state index contributed by atoms with van der Waals surface area (Å²) >= 11 is 0. The molecule has 1 heterocycles. The van der Waals surface area contributed by atoms with Gasteiger partial charge in [0.25, 0.3) is 5.91 Å². The van der Waals surface area contributed by atoms with Gasteiger partial charge < -0.3 is 19.9 Å². The fourth-order valence-corrected chi connectivity index (χ4v) is 4.57. The van der Waals surface area contributed by atoms with Crippen LogP contribution in [0.5, 0.6) is 11.5 Å². The number of ether oxygens (including phenoxy) is 2. The van der Waals surface area contributed by atoms with Crippen molar-refractivity contribution in [2.45, 2.75) is 19.3 Å². The van der Waals surface area contributed by atoms with Crippen molar-refractivity contribution in [2.75, 3.05) is 13.7 Å². The van der Waals surface area contributed by atoms with Crippen molar-refractivity contribution >= 4 is 22.6 Å². The summed E-state index contributed by atoms with van der Waals surface area (Å²) in [5, 5.41) is 18.1. The Hall–Kier alpha value is -5.32. The summed E-state index contributed by atoms with van der Waals surface area (Å²) < 4.78 is 49.0. The molecule has 0 aliphatic rings. The minimum Gasteiger partial charge on any atom is -0.497 e. The van der Waals surface area contributed by atoms with Gasteiger partial charge in [-0.2, -0.15) is 5.10 Å². The maximum Gasteiger partial charge on any atom is 0.573 e. The van der Waals surface area contributed by atoms with Crippen molar-refractivity contribution in [3.05, 3.63) is 102 Å². The number of aliphatic carboxylic acids is 1. The first-order valence-corrected chi connectivity index (χ1v) is 13.2. The predicted octanol–water partition coefficient (Wildman–Crippen LogP) is 6.53. The molecule has 8 nitrogen and oxygen atoms in total. The molecule has 0 fully saturated rings. The minimum atomic E-state index is -4.79. The lowest BCUT2D eigenvalue weighted by Crippen LogP contribution is -2.25. The van der Waals surface area contributed by atoms with Crippen LogP contribution in [-0.2, 0) is 11.3 Å². The number of methoxy groups -OCH3 is 1. The molecule has 43 heavy (non-hydrogen) atoms. The molecule has 0 aliphatic heterocycles. The summed E-state index contributed by atoms with van der Waals surface area (Å²) in [6.45, 7) is 0.364. The van der Waals surface area contributed by atoms with Gasteiger partial charge in [0.15, 0.2) is 0 Å². The van der Waals surface area contributed by atoms with Crippen LogP contribution in [0, 0.1) is 0 Å². The first-order chi connectivity index (χ1) is 20.6. The highest BCUT2D eigenvalue weighted by atomic mass is 19.4. The molecular weight excluding hydrogens is 563 g/mol. The fourth-order valence-electron chi connectivity index (χ4n) is 4.57. The van der Waals surface area contributed by atoms with Crippen LogP contribution in [0.15, 0.2) is 91.0 Å². The summed E-state index contributed by atoms with van der Waals surface area (Å²) in [4.78, 5) is 23.0. The van der Waals surface area contributed by atoms with Gasteiger partial charge in [-0.05, 0) is 77.0 Å². The molecule has 5 rings (SSSR count). The number of aromatic nitrogens is 2. The molecule has 0 saturated carbocycles. The number of nitrogens with one attached hydrogen (secondary N) is 1. The molecular formula is C32H26F3N3O5. The Morgan fingerprint density at radius 2 is 1.51 bits per heavy atom. The number of nitrogens with zero attached hydrogens (tertiary/aromatic N) is 2. The lowest BCUT2D eigenvalue weighted by atomic mass is 10.0. The SMILES string of the molecule is COc1ccc2cc(-c3cc(-c4ccc(OC(F)(F)F)cc4)nn3Cc3ccc(C(=O)NCCC(=O)O)cc3)ccc2c1.